The van der Waals surface area contributed by atoms with Gasteiger partial charge in [0.15, 0.2) is 0 Å². The van der Waals surface area contributed by atoms with Gasteiger partial charge in [0.2, 0.25) is 0 Å². The second-order valence-corrected chi connectivity index (χ2v) is 2.61. The van der Waals surface area contributed by atoms with Crippen molar-refractivity contribution in [3.8, 4) is 0 Å². The van der Waals surface area contributed by atoms with Crippen molar-refractivity contribution >= 4 is 5.91 Å². The van der Waals surface area contributed by atoms with Crippen LogP contribution in [0.1, 0.15) is 22.8 Å². The minimum atomic E-state index is -0.833. The average molecular weight is 183 g/mol. The second kappa shape index (κ2) is 4.00. The first-order valence-corrected chi connectivity index (χ1v) is 3.92. The second-order valence-electron chi connectivity index (χ2n) is 2.61. The molecule has 1 amide bonds. The van der Waals surface area contributed by atoms with Crippen LogP contribution in [0.4, 0.5) is 4.39 Å². The van der Waals surface area contributed by atoms with Crippen molar-refractivity contribution in [3.63, 3.8) is 0 Å². The molecule has 1 aromatic rings. The van der Waals surface area contributed by atoms with Crippen molar-refractivity contribution in [1.82, 2.24) is 5.48 Å². The monoisotopic (exact) mass is 183 g/mol. The number of rotatable bonds is 2. The van der Waals surface area contributed by atoms with Crippen LogP contribution in [0.25, 0.3) is 0 Å². The van der Waals surface area contributed by atoms with Gasteiger partial charge in [-0.1, -0.05) is 13.0 Å². The van der Waals surface area contributed by atoms with E-state index in [2.05, 4.69) is 0 Å². The number of benzene rings is 1. The highest BCUT2D eigenvalue weighted by Gasteiger charge is 2.10. The van der Waals surface area contributed by atoms with Gasteiger partial charge in [-0.25, -0.2) is 9.87 Å². The van der Waals surface area contributed by atoms with Gasteiger partial charge in [-0.15, -0.1) is 0 Å². The summed E-state index contributed by atoms with van der Waals surface area (Å²) < 4.78 is 13.1. The van der Waals surface area contributed by atoms with Crippen LogP contribution in [0.2, 0.25) is 0 Å². The fourth-order valence-electron chi connectivity index (χ4n) is 1.02. The van der Waals surface area contributed by atoms with Crippen molar-refractivity contribution in [1.29, 1.82) is 0 Å². The van der Waals surface area contributed by atoms with Crippen molar-refractivity contribution < 1.29 is 14.4 Å². The number of aryl methyl sites for hydroxylation is 1. The summed E-state index contributed by atoms with van der Waals surface area (Å²) in [5, 5.41) is 8.27. The maximum atomic E-state index is 13.1. The number of nitrogens with one attached hydrogen (secondary N) is 1. The van der Waals surface area contributed by atoms with Crippen molar-refractivity contribution in [2.75, 3.05) is 0 Å². The molecule has 2 N–H and O–H groups in total. The summed E-state index contributed by atoms with van der Waals surface area (Å²) in [5.41, 5.74) is 2.04. The molecule has 0 saturated carbocycles. The van der Waals surface area contributed by atoms with E-state index in [1.807, 2.05) is 6.92 Å². The molecule has 0 aliphatic carbocycles. The average Bonchev–Trinajstić information content (AvgIpc) is 2.16. The number of hydrogen-bond donors (Lipinski definition) is 2. The largest absolute Gasteiger partial charge is 0.288 e. The van der Waals surface area contributed by atoms with E-state index in [9.17, 15) is 9.18 Å². The number of hydrogen-bond acceptors (Lipinski definition) is 2. The van der Waals surface area contributed by atoms with Crippen LogP contribution >= 0.6 is 0 Å². The number of halogens is 1. The molecule has 0 bridgehead atoms. The first-order chi connectivity index (χ1) is 6.19. The summed E-state index contributed by atoms with van der Waals surface area (Å²) in [6.45, 7) is 1.89. The molecule has 0 fully saturated rings. The maximum absolute atomic E-state index is 13.1. The zero-order chi connectivity index (χ0) is 9.84. The third-order valence-electron chi connectivity index (χ3n) is 1.79. The Hall–Kier alpha value is -1.42. The van der Waals surface area contributed by atoms with Gasteiger partial charge in [-0.2, -0.15) is 0 Å². The van der Waals surface area contributed by atoms with E-state index in [4.69, 9.17) is 5.21 Å². The Labute approximate surface area is 75.2 Å². The third kappa shape index (κ3) is 2.03. The summed E-state index contributed by atoms with van der Waals surface area (Å²) in [6, 6.07) is 4.28. The Kier molecular flexibility index (Phi) is 2.97. The molecule has 0 atom stereocenters. The zero-order valence-electron chi connectivity index (χ0n) is 7.17. The molecule has 3 nitrogen and oxygen atoms in total. The van der Waals surface area contributed by atoms with E-state index in [-0.39, 0.29) is 5.56 Å². The van der Waals surface area contributed by atoms with E-state index >= 15 is 0 Å². The van der Waals surface area contributed by atoms with Crippen LogP contribution in [0.3, 0.4) is 0 Å². The predicted octanol–water partition coefficient (Wildman–Crippen LogP) is 1.51. The summed E-state index contributed by atoms with van der Waals surface area (Å²) in [7, 11) is 0. The fourth-order valence-corrected chi connectivity index (χ4v) is 1.02. The van der Waals surface area contributed by atoms with Crippen LogP contribution in [0.5, 0.6) is 0 Å². The molecule has 0 unspecified atom stereocenters. The summed E-state index contributed by atoms with van der Waals surface area (Å²) >= 11 is 0. The molecule has 1 aromatic carbocycles. The molecule has 0 heterocycles. The topological polar surface area (TPSA) is 49.3 Å². The lowest BCUT2D eigenvalue weighted by molar-refractivity contribution is 0.0702. The van der Waals surface area contributed by atoms with Gasteiger partial charge < -0.3 is 0 Å². The van der Waals surface area contributed by atoms with Crippen LogP contribution in [-0.2, 0) is 6.42 Å². The quantitative estimate of drug-likeness (QED) is 0.539. The van der Waals surface area contributed by atoms with E-state index in [1.165, 1.54) is 17.6 Å². The molecule has 0 saturated heterocycles. The normalized spacial score (nSPS) is 9.77. The highest BCUT2D eigenvalue weighted by Crippen LogP contribution is 2.10. The Morgan fingerprint density at radius 1 is 1.62 bits per heavy atom. The van der Waals surface area contributed by atoms with Crippen LogP contribution in [0.15, 0.2) is 18.2 Å². The highest BCUT2D eigenvalue weighted by molar-refractivity contribution is 5.93. The minimum Gasteiger partial charge on any atom is -0.288 e. The summed E-state index contributed by atoms with van der Waals surface area (Å²) in [4.78, 5) is 10.8. The number of amides is 1. The molecular formula is C9H10FNO2. The van der Waals surface area contributed by atoms with E-state index in [0.29, 0.717) is 6.42 Å². The molecule has 13 heavy (non-hydrogen) atoms. The molecule has 0 aliphatic rings. The molecule has 0 aliphatic heterocycles. The van der Waals surface area contributed by atoms with Gasteiger partial charge in [0.25, 0.3) is 5.91 Å². The Morgan fingerprint density at radius 2 is 2.31 bits per heavy atom. The predicted molar refractivity (Wildman–Crippen MR) is 45.0 cm³/mol. The van der Waals surface area contributed by atoms with E-state index in [0.717, 1.165) is 5.56 Å². The van der Waals surface area contributed by atoms with Crippen LogP contribution in [-0.4, -0.2) is 11.1 Å². The van der Waals surface area contributed by atoms with Crippen LogP contribution in [0, 0.1) is 5.82 Å². The van der Waals surface area contributed by atoms with Crippen molar-refractivity contribution in [2.24, 2.45) is 0 Å². The van der Waals surface area contributed by atoms with Crippen LogP contribution < -0.4 is 5.48 Å². The standard InChI is InChI=1S/C9H10FNO2/c1-2-6-3-4-7(8(10)5-6)9(12)11-13/h3-5,13H,2H2,1H3,(H,11,12). The molecular weight excluding hydrogens is 173 g/mol. The Bertz CT molecular complexity index is 325. The van der Waals surface area contributed by atoms with Gasteiger partial charge in [0, 0.05) is 0 Å². The lowest BCUT2D eigenvalue weighted by atomic mass is 10.1. The number of carbonyl (C=O) groups is 1. The SMILES string of the molecule is CCc1ccc(C(=O)NO)c(F)c1. The first kappa shape index (κ1) is 9.67. The molecule has 1 rings (SSSR count). The highest BCUT2D eigenvalue weighted by atomic mass is 19.1. The van der Waals surface area contributed by atoms with E-state index in [1.54, 1.807) is 6.07 Å². The minimum absolute atomic E-state index is 0.153. The molecule has 0 radical (unpaired) electrons. The first-order valence-electron chi connectivity index (χ1n) is 3.92. The fraction of sp³-hybridized carbons (Fsp3) is 0.222. The lowest BCUT2D eigenvalue weighted by Crippen LogP contribution is -2.20. The summed E-state index contributed by atoms with van der Waals surface area (Å²) in [5.74, 6) is -1.45. The third-order valence-corrected chi connectivity index (χ3v) is 1.79. The molecule has 70 valence electrons. The van der Waals surface area contributed by atoms with Crippen molar-refractivity contribution in [3.05, 3.63) is 35.1 Å². The molecule has 4 heteroatoms. The van der Waals surface area contributed by atoms with Gasteiger partial charge in [0.1, 0.15) is 5.82 Å². The Morgan fingerprint density at radius 3 is 2.77 bits per heavy atom. The zero-order valence-corrected chi connectivity index (χ0v) is 7.17. The van der Waals surface area contributed by atoms with Gasteiger partial charge >= 0.3 is 0 Å². The Balaban J connectivity index is 3.05. The molecule has 0 spiro atoms. The number of carbonyl (C=O) groups excluding carboxylic acids is 1. The van der Waals surface area contributed by atoms with Gasteiger partial charge in [-0.05, 0) is 24.1 Å². The smallest absolute Gasteiger partial charge is 0.277 e. The lowest BCUT2D eigenvalue weighted by Gasteiger charge is -2.02. The number of hydroxylamine groups is 1. The molecule has 0 aromatic heterocycles. The van der Waals surface area contributed by atoms with Gasteiger partial charge in [-0.3, -0.25) is 10.0 Å². The maximum Gasteiger partial charge on any atom is 0.277 e. The van der Waals surface area contributed by atoms with Crippen molar-refractivity contribution in [2.45, 2.75) is 13.3 Å². The van der Waals surface area contributed by atoms with E-state index < -0.39 is 11.7 Å². The van der Waals surface area contributed by atoms with Gasteiger partial charge in [0.05, 0.1) is 5.56 Å². The summed E-state index contributed by atoms with van der Waals surface area (Å²) in [6.07, 6.45) is 0.706.